The molecule has 18 heavy (non-hydrogen) atoms. The molecule has 1 unspecified atom stereocenters. The largest absolute Gasteiger partial charge is 0.309 e. The number of thiazole rings is 1. The van der Waals surface area contributed by atoms with E-state index in [1.807, 2.05) is 19.2 Å². The first-order chi connectivity index (χ1) is 8.48. The average Bonchev–Trinajstić information content (AvgIpc) is 2.73. The number of aromatic nitrogens is 1. The van der Waals surface area contributed by atoms with Gasteiger partial charge in [0.05, 0.1) is 11.4 Å². The Morgan fingerprint density at radius 2 is 2.11 bits per heavy atom. The van der Waals surface area contributed by atoms with Crippen LogP contribution >= 0.6 is 11.3 Å². The Labute approximate surface area is 113 Å². The maximum absolute atomic E-state index is 11.6. The van der Waals surface area contributed by atoms with Crippen LogP contribution < -0.4 is 10.0 Å². The van der Waals surface area contributed by atoms with Gasteiger partial charge in [-0.1, -0.05) is 13.8 Å². The van der Waals surface area contributed by atoms with E-state index >= 15 is 0 Å². The monoisotopic (exact) mass is 291 g/mol. The summed E-state index contributed by atoms with van der Waals surface area (Å²) in [7, 11) is -3.24. The maximum Gasteiger partial charge on any atom is 0.234 e. The van der Waals surface area contributed by atoms with Crippen molar-refractivity contribution in [3.8, 4) is 0 Å². The molecular weight excluding hydrogens is 270 g/mol. The quantitative estimate of drug-likeness (QED) is 0.771. The Hall–Kier alpha value is -0.660. The zero-order valence-electron chi connectivity index (χ0n) is 11.1. The molecule has 0 saturated heterocycles. The molecule has 0 spiro atoms. The highest BCUT2D eigenvalue weighted by atomic mass is 32.2. The topological polar surface area (TPSA) is 71.1 Å². The van der Waals surface area contributed by atoms with Crippen molar-refractivity contribution in [2.24, 2.45) is 0 Å². The van der Waals surface area contributed by atoms with E-state index in [1.54, 1.807) is 0 Å². The summed E-state index contributed by atoms with van der Waals surface area (Å²) in [6.07, 6.45) is 1.66. The number of anilines is 1. The zero-order valence-corrected chi connectivity index (χ0v) is 12.7. The van der Waals surface area contributed by atoms with Crippen LogP contribution in [0.25, 0.3) is 0 Å². The number of hydrogen-bond acceptors (Lipinski definition) is 5. The van der Waals surface area contributed by atoms with Crippen molar-refractivity contribution in [2.45, 2.75) is 39.7 Å². The lowest BCUT2D eigenvalue weighted by Crippen LogP contribution is -2.20. The summed E-state index contributed by atoms with van der Waals surface area (Å²) in [6.45, 7) is 6.89. The minimum atomic E-state index is -3.24. The van der Waals surface area contributed by atoms with Gasteiger partial charge in [-0.05, 0) is 26.3 Å². The fraction of sp³-hybridized carbons (Fsp3) is 0.727. The minimum absolute atomic E-state index is 0.131. The van der Waals surface area contributed by atoms with Crippen LogP contribution in [0, 0.1) is 0 Å². The predicted molar refractivity (Wildman–Crippen MR) is 76.5 cm³/mol. The standard InChI is InChI=1S/C11H21N3O2S2/c1-4-6-12-9(3)10-8-17-11(13-10)14-18(15,16)7-5-2/h8-9,12H,4-7H2,1-3H3,(H,13,14). The molecular formula is C11H21N3O2S2. The van der Waals surface area contributed by atoms with E-state index in [0.29, 0.717) is 11.6 Å². The van der Waals surface area contributed by atoms with Crippen LogP contribution in [0.3, 0.4) is 0 Å². The maximum atomic E-state index is 11.6. The zero-order chi connectivity index (χ0) is 13.6. The number of nitrogens with one attached hydrogen (secondary N) is 2. The van der Waals surface area contributed by atoms with Gasteiger partial charge in [-0.15, -0.1) is 11.3 Å². The van der Waals surface area contributed by atoms with Gasteiger partial charge in [-0.2, -0.15) is 0 Å². The van der Waals surface area contributed by atoms with Crippen LogP contribution in [-0.4, -0.2) is 25.7 Å². The van der Waals surface area contributed by atoms with Crippen molar-refractivity contribution in [3.05, 3.63) is 11.1 Å². The van der Waals surface area contributed by atoms with E-state index in [9.17, 15) is 8.42 Å². The second-order valence-corrected chi connectivity index (χ2v) is 6.87. The number of rotatable bonds is 8. The molecule has 0 fully saturated rings. The van der Waals surface area contributed by atoms with Crippen LogP contribution in [0.5, 0.6) is 0 Å². The number of nitrogens with zero attached hydrogens (tertiary/aromatic N) is 1. The molecule has 0 aliphatic heterocycles. The highest BCUT2D eigenvalue weighted by Crippen LogP contribution is 2.21. The van der Waals surface area contributed by atoms with Gasteiger partial charge in [0.25, 0.3) is 0 Å². The van der Waals surface area contributed by atoms with Gasteiger partial charge in [0.2, 0.25) is 10.0 Å². The summed E-state index contributed by atoms with van der Waals surface area (Å²) in [5, 5.41) is 5.65. The van der Waals surface area contributed by atoms with Crippen molar-refractivity contribution in [3.63, 3.8) is 0 Å². The minimum Gasteiger partial charge on any atom is -0.309 e. The van der Waals surface area contributed by atoms with Crippen molar-refractivity contribution in [1.82, 2.24) is 10.3 Å². The van der Waals surface area contributed by atoms with Crippen molar-refractivity contribution < 1.29 is 8.42 Å². The fourth-order valence-corrected chi connectivity index (χ4v) is 3.62. The lowest BCUT2D eigenvalue weighted by atomic mass is 10.2. The smallest absolute Gasteiger partial charge is 0.234 e. The van der Waals surface area contributed by atoms with E-state index in [-0.39, 0.29) is 11.8 Å². The first kappa shape index (κ1) is 15.4. The van der Waals surface area contributed by atoms with Gasteiger partial charge in [0.15, 0.2) is 5.13 Å². The Bertz CT molecular complexity index is 457. The van der Waals surface area contributed by atoms with Gasteiger partial charge in [-0.25, -0.2) is 13.4 Å². The average molecular weight is 291 g/mol. The molecule has 0 aliphatic rings. The van der Waals surface area contributed by atoms with Crippen LogP contribution in [0.15, 0.2) is 5.38 Å². The Kier molecular flexibility index (Phi) is 6.04. The molecule has 1 rings (SSSR count). The summed E-state index contributed by atoms with van der Waals surface area (Å²) in [4.78, 5) is 4.30. The first-order valence-electron chi connectivity index (χ1n) is 6.17. The van der Waals surface area contributed by atoms with Crippen LogP contribution in [-0.2, 0) is 10.0 Å². The summed E-state index contributed by atoms with van der Waals surface area (Å²) in [6, 6.07) is 0.144. The molecule has 2 N–H and O–H groups in total. The van der Waals surface area contributed by atoms with Crippen molar-refractivity contribution >= 4 is 26.5 Å². The third-order valence-electron chi connectivity index (χ3n) is 2.38. The molecule has 0 aliphatic carbocycles. The summed E-state index contributed by atoms with van der Waals surface area (Å²) < 4.78 is 25.7. The molecule has 0 radical (unpaired) electrons. The molecule has 5 nitrogen and oxygen atoms in total. The third kappa shape index (κ3) is 4.91. The molecule has 1 aromatic heterocycles. The molecule has 0 aromatic carbocycles. The lowest BCUT2D eigenvalue weighted by Gasteiger charge is -2.09. The number of hydrogen-bond donors (Lipinski definition) is 2. The van der Waals surface area contributed by atoms with E-state index in [0.717, 1.165) is 18.7 Å². The summed E-state index contributed by atoms with van der Waals surface area (Å²) in [5.41, 5.74) is 0.877. The molecule has 1 heterocycles. The molecule has 1 atom stereocenters. The second-order valence-electron chi connectivity index (χ2n) is 4.17. The second kappa shape index (κ2) is 7.06. The SMILES string of the molecule is CCCNC(C)c1csc(NS(=O)(=O)CCC)n1. The molecule has 104 valence electrons. The first-order valence-corrected chi connectivity index (χ1v) is 8.71. The van der Waals surface area contributed by atoms with Crippen LogP contribution in [0.2, 0.25) is 0 Å². The Morgan fingerprint density at radius 3 is 2.72 bits per heavy atom. The fourth-order valence-electron chi connectivity index (χ4n) is 1.45. The van der Waals surface area contributed by atoms with Crippen LogP contribution in [0.4, 0.5) is 5.13 Å². The Morgan fingerprint density at radius 1 is 1.39 bits per heavy atom. The van der Waals surface area contributed by atoms with Gasteiger partial charge < -0.3 is 5.32 Å². The van der Waals surface area contributed by atoms with E-state index < -0.39 is 10.0 Å². The van der Waals surface area contributed by atoms with Crippen LogP contribution in [0.1, 0.15) is 45.3 Å². The molecule has 0 bridgehead atoms. The molecule has 0 saturated carbocycles. The highest BCUT2D eigenvalue weighted by molar-refractivity contribution is 7.92. The molecule has 7 heteroatoms. The van der Waals surface area contributed by atoms with Crippen molar-refractivity contribution in [1.29, 1.82) is 0 Å². The van der Waals surface area contributed by atoms with Gasteiger partial charge in [0.1, 0.15) is 0 Å². The van der Waals surface area contributed by atoms with Gasteiger partial charge >= 0.3 is 0 Å². The van der Waals surface area contributed by atoms with E-state index in [1.165, 1.54) is 11.3 Å². The van der Waals surface area contributed by atoms with Gasteiger partial charge in [0, 0.05) is 11.4 Å². The van der Waals surface area contributed by atoms with Crippen molar-refractivity contribution in [2.75, 3.05) is 17.0 Å². The number of sulfonamides is 1. The lowest BCUT2D eigenvalue weighted by molar-refractivity contribution is 0.561. The highest BCUT2D eigenvalue weighted by Gasteiger charge is 2.14. The molecule has 1 aromatic rings. The summed E-state index contributed by atoms with van der Waals surface area (Å²) >= 11 is 1.32. The van der Waals surface area contributed by atoms with E-state index in [4.69, 9.17) is 0 Å². The Balaban J connectivity index is 2.63. The normalized spacial score (nSPS) is 13.5. The predicted octanol–water partition coefficient (Wildman–Crippen LogP) is 2.36. The third-order valence-corrected chi connectivity index (χ3v) is 4.74. The van der Waals surface area contributed by atoms with Gasteiger partial charge in [-0.3, -0.25) is 4.72 Å². The van der Waals surface area contributed by atoms with E-state index in [2.05, 4.69) is 21.9 Å². The molecule has 0 amide bonds. The summed E-state index contributed by atoms with van der Waals surface area (Å²) in [5.74, 6) is 0.131.